The lowest BCUT2D eigenvalue weighted by atomic mass is 10.0. The van der Waals surface area contributed by atoms with Crippen LogP contribution in [0.2, 0.25) is 0 Å². The third kappa shape index (κ3) is 2.98. The Kier molecular flexibility index (Phi) is 3.45. The van der Waals surface area contributed by atoms with Crippen molar-refractivity contribution in [3.8, 4) is 0 Å². The first-order valence-electron chi connectivity index (χ1n) is 6.54. The van der Waals surface area contributed by atoms with Crippen molar-refractivity contribution in [2.75, 3.05) is 17.3 Å². The van der Waals surface area contributed by atoms with Gasteiger partial charge in [0, 0.05) is 5.56 Å². The number of aliphatic hydroxyl groups is 1. The van der Waals surface area contributed by atoms with Crippen LogP contribution < -0.4 is 16.6 Å². The van der Waals surface area contributed by atoms with E-state index in [0.29, 0.717) is 22.5 Å². The van der Waals surface area contributed by atoms with Crippen LogP contribution in [0.5, 0.6) is 0 Å². The second-order valence-electron chi connectivity index (χ2n) is 6.07. The first-order valence-corrected chi connectivity index (χ1v) is 6.54. The van der Waals surface area contributed by atoms with Crippen molar-refractivity contribution >= 4 is 11.4 Å². The number of nitrogens with two attached hydrogens (primary N) is 2. The molecular formula is C14H22FN3O. The standard InChI is InChI=1S/C14H22FN3O/c1-8-6-10(16)13(18(17)7-14(2,3)19)11(12(8)15)9-4-5-9/h6,9,19H,4-5,7,16-17H2,1-3H3. The number of anilines is 2. The van der Waals surface area contributed by atoms with E-state index in [4.69, 9.17) is 11.6 Å². The van der Waals surface area contributed by atoms with Crippen molar-refractivity contribution in [2.45, 2.75) is 45.1 Å². The molecule has 1 aliphatic rings. The lowest BCUT2D eigenvalue weighted by molar-refractivity contribution is 0.0873. The quantitative estimate of drug-likeness (QED) is 0.443. The fourth-order valence-electron chi connectivity index (χ4n) is 2.40. The van der Waals surface area contributed by atoms with Crippen molar-refractivity contribution in [1.29, 1.82) is 0 Å². The molecule has 1 aromatic carbocycles. The zero-order valence-corrected chi connectivity index (χ0v) is 11.7. The molecule has 0 aliphatic heterocycles. The van der Waals surface area contributed by atoms with E-state index in [-0.39, 0.29) is 18.3 Å². The van der Waals surface area contributed by atoms with Gasteiger partial charge in [0.05, 0.1) is 23.5 Å². The van der Waals surface area contributed by atoms with Gasteiger partial charge < -0.3 is 15.8 Å². The van der Waals surface area contributed by atoms with E-state index in [1.165, 1.54) is 5.01 Å². The van der Waals surface area contributed by atoms with Crippen LogP contribution in [0, 0.1) is 12.7 Å². The molecule has 1 saturated carbocycles. The average molecular weight is 267 g/mol. The van der Waals surface area contributed by atoms with Crippen LogP contribution in [0.25, 0.3) is 0 Å². The van der Waals surface area contributed by atoms with Gasteiger partial charge in [-0.2, -0.15) is 0 Å². The van der Waals surface area contributed by atoms with Gasteiger partial charge in [-0.05, 0) is 51.2 Å². The molecule has 5 N–H and O–H groups in total. The first kappa shape index (κ1) is 14.1. The van der Waals surface area contributed by atoms with Gasteiger partial charge in [0.1, 0.15) is 5.82 Å². The summed E-state index contributed by atoms with van der Waals surface area (Å²) < 4.78 is 14.3. The number of hydrogen-bond acceptors (Lipinski definition) is 4. The van der Waals surface area contributed by atoms with Crippen LogP contribution in [0.4, 0.5) is 15.8 Å². The highest BCUT2D eigenvalue weighted by Gasteiger charge is 2.33. The van der Waals surface area contributed by atoms with Crippen molar-refractivity contribution in [1.82, 2.24) is 0 Å². The van der Waals surface area contributed by atoms with Gasteiger partial charge in [-0.3, -0.25) is 0 Å². The van der Waals surface area contributed by atoms with E-state index in [1.807, 2.05) is 0 Å². The van der Waals surface area contributed by atoms with Gasteiger partial charge in [0.15, 0.2) is 0 Å². The zero-order chi connectivity index (χ0) is 14.4. The maximum absolute atomic E-state index is 14.3. The lowest BCUT2D eigenvalue weighted by Crippen LogP contribution is -2.44. The van der Waals surface area contributed by atoms with Crippen LogP contribution in [-0.2, 0) is 0 Å². The summed E-state index contributed by atoms with van der Waals surface area (Å²) in [5.41, 5.74) is 7.17. The summed E-state index contributed by atoms with van der Waals surface area (Å²) >= 11 is 0. The largest absolute Gasteiger partial charge is 0.397 e. The Morgan fingerprint density at radius 3 is 2.53 bits per heavy atom. The molecule has 1 aromatic rings. The van der Waals surface area contributed by atoms with Gasteiger partial charge in [0.2, 0.25) is 0 Å². The van der Waals surface area contributed by atoms with Gasteiger partial charge in [0.25, 0.3) is 0 Å². The molecule has 1 aliphatic carbocycles. The maximum atomic E-state index is 14.3. The molecule has 0 radical (unpaired) electrons. The summed E-state index contributed by atoms with van der Waals surface area (Å²) in [7, 11) is 0. The Hall–Kier alpha value is -1.33. The van der Waals surface area contributed by atoms with Crippen molar-refractivity contribution in [3.63, 3.8) is 0 Å². The number of aryl methyl sites for hydroxylation is 1. The minimum absolute atomic E-state index is 0.194. The molecule has 0 bridgehead atoms. The molecule has 106 valence electrons. The third-order valence-electron chi connectivity index (χ3n) is 3.31. The molecule has 1 fully saturated rings. The SMILES string of the molecule is Cc1cc(N)c(N(N)CC(C)(C)O)c(C2CC2)c1F. The molecule has 0 amide bonds. The Morgan fingerprint density at radius 2 is 2.05 bits per heavy atom. The number of halogens is 1. The summed E-state index contributed by atoms with van der Waals surface area (Å²) in [6, 6.07) is 1.60. The Balaban J connectivity index is 2.46. The minimum Gasteiger partial charge on any atom is -0.397 e. The highest BCUT2D eigenvalue weighted by atomic mass is 19.1. The normalized spacial score (nSPS) is 15.7. The van der Waals surface area contributed by atoms with Crippen LogP contribution in [0.3, 0.4) is 0 Å². The van der Waals surface area contributed by atoms with E-state index < -0.39 is 5.60 Å². The molecule has 5 heteroatoms. The molecule has 0 unspecified atom stereocenters. The molecule has 0 aromatic heterocycles. The first-order chi connectivity index (χ1) is 8.70. The Bertz CT molecular complexity index is 492. The van der Waals surface area contributed by atoms with E-state index in [1.54, 1.807) is 26.8 Å². The summed E-state index contributed by atoms with van der Waals surface area (Å²) in [4.78, 5) is 0. The molecule has 0 spiro atoms. The highest BCUT2D eigenvalue weighted by Crippen LogP contribution is 2.48. The number of nitrogens with zero attached hydrogens (tertiary/aromatic N) is 1. The topological polar surface area (TPSA) is 75.5 Å². The summed E-state index contributed by atoms with van der Waals surface area (Å²) in [5, 5.41) is 11.2. The number of nitrogen functional groups attached to an aromatic ring is 1. The minimum atomic E-state index is -0.969. The second-order valence-corrected chi connectivity index (χ2v) is 6.07. The fourth-order valence-corrected chi connectivity index (χ4v) is 2.40. The van der Waals surface area contributed by atoms with Gasteiger partial charge in [-0.15, -0.1) is 0 Å². The van der Waals surface area contributed by atoms with Crippen LogP contribution in [-0.4, -0.2) is 17.3 Å². The third-order valence-corrected chi connectivity index (χ3v) is 3.31. The predicted molar refractivity (Wildman–Crippen MR) is 75.4 cm³/mol. The predicted octanol–water partition coefficient (Wildman–Crippen LogP) is 2.04. The van der Waals surface area contributed by atoms with E-state index in [2.05, 4.69) is 0 Å². The molecule has 4 nitrogen and oxygen atoms in total. The highest BCUT2D eigenvalue weighted by molar-refractivity contribution is 5.74. The molecule has 0 heterocycles. The van der Waals surface area contributed by atoms with Crippen LogP contribution >= 0.6 is 0 Å². The Labute approximate surface area is 113 Å². The van der Waals surface area contributed by atoms with Crippen LogP contribution in [0.15, 0.2) is 6.07 Å². The monoisotopic (exact) mass is 267 g/mol. The van der Waals surface area contributed by atoms with Gasteiger partial charge in [-0.1, -0.05) is 0 Å². The van der Waals surface area contributed by atoms with Gasteiger partial charge in [-0.25, -0.2) is 10.2 Å². The molecular weight excluding hydrogens is 245 g/mol. The average Bonchev–Trinajstić information content (AvgIpc) is 3.03. The van der Waals surface area contributed by atoms with Gasteiger partial charge >= 0.3 is 0 Å². The molecule has 0 atom stereocenters. The van der Waals surface area contributed by atoms with E-state index in [9.17, 15) is 9.50 Å². The molecule has 2 rings (SSSR count). The Morgan fingerprint density at radius 1 is 1.47 bits per heavy atom. The number of rotatable bonds is 4. The summed E-state index contributed by atoms with van der Waals surface area (Å²) in [5.74, 6) is 5.97. The number of hydrogen-bond donors (Lipinski definition) is 3. The number of hydrazine groups is 1. The summed E-state index contributed by atoms with van der Waals surface area (Å²) in [6.45, 7) is 5.21. The van der Waals surface area contributed by atoms with Crippen LogP contribution in [0.1, 0.15) is 43.7 Å². The second kappa shape index (κ2) is 4.65. The molecule has 19 heavy (non-hydrogen) atoms. The fraction of sp³-hybridized carbons (Fsp3) is 0.571. The van der Waals surface area contributed by atoms with Crippen molar-refractivity contribution < 1.29 is 9.50 Å². The maximum Gasteiger partial charge on any atom is 0.131 e. The smallest absolute Gasteiger partial charge is 0.131 e. The van der Waals surface area contributed by atoms with Crippen molar-refractivity contribution in [2.24, 2.45) is 5.84 Å². The summed E-state index contributed by atoms with van der Waals surface area (Å²) in [6.07, 6.45) is 1.92. The van der Waals surface area contributed by atoms with Crippen molar-refractivity contribution in [3.05, 3.63) is 23.0 Å². The van der Waals surface area contributed by atoms with E-state index >= 15 is 0 Å². The molecule has 0 saturated heterocycles. The zero-order valence-electron chi connectivity index (χ0n) is 11.7. The lowest BCUT2D eigenvalue weighted by Gasteiger charge is -2.30. The number of benzene rings is 1. The van der Waals surface area contributed by atoms with E-state index in [0.717, 1.165) is 12.8 Å².